The first kappa shape index (κ1) is 20.1. The van der Waals surface area contributed by atoms with E-state index in [-0.39, 0.29) is 11.9 Å². The van der Waals surface area contributed by atoms with Gasteiger partial charge in [-0.05, 0) is 42.5 Å². The summed E-state index contributed by atoms with van der Waals surface area (Å²) >= 11 is 0. The lowest BCUT2D eigenvalue weighted by molar-refractivity contribution is 0.0952. The molecule has 1 amide bonds. The SMILES string of the molecule is CC(C)c1nccn1CCCNC(=O)c1ccc(NC2CCc3ccccc32)nc1. The number of aryl methyl sites for hydroxylation is 2. The van der Waals surface area contributed by atoms with Crippen molar-refractivity contribution in [2.24, 2.45) is 0 Å². The Labute approximate surface area is 177 Å². The molecule has 30 heavy (non-hydrogen) atoms. The summed E-state index contributed by atoms with van der Waals surface area (Å²) in [5, 5.41) is 6.48. The van der Waals surface area contributed by atoms with Crippen molar-refractivity contribution < 1.29 is 4.79 Å². The molecule has 0 saturated heterocycles. The van der Waals surface area contributed by atoms with Crippen LogP contribution in [0.5, 0.6) is 0 Å². The number of aromatic nitrogens is 3. The summed E-state index contributed by atoms with van der Waals surface area (Å²) in [4.78, 5) is 21.3. The van der Waals surface area contributed by atoms with E-state index in [0.717, 1.165) is 37.4 Å². The summed E-state index contributed by atoms with van der Waals surface area (Å²) in [5.74, 6) is 2.19. The number of anilines is 1. The first-order valence-electron chi connectivity index (χ1n) is 10.7. The number of pyridine rings is 1. The predicted molar refractivity (Wildman–Crippen MR) is 119 cm³/mol. The number of amides is 1. The zero-order valence-corrected chi connectivity index (χ0v) is 17.6. The highest BCUT2D eigenvalue weighted by molar-refractivity contribution is 5.94. The summed E-state index contributed by atoms with van der Waals surface area (Å²) in [7, 11) is 0. The van der Waals surface area contributed by atoms with Crippen LogP contribution in [-0.4, -0.2) is 27.0 Å². The number of nitrogens with zero attached hydrogens (tertiary/aromatic N) is 3. The molecule has 0 saturated carbocycles. The fourth-order valence-electron chi connectivity index (χ4n) is 4.06. The van der Waals surface area contributed by atoms with E-state index in [4.69, 9.17) is 0 Å². The van der Waals surface area contributed by atoms with Crippen molar-refractivity contribution in [1.29, 1.82) is 0 Å². The van der Waals surface area contributed by atoms with Gasteiger partial charge in [-0.3, -0.25) is 4.79 Å². The first-order valence-corrected chi connectivity index (χ1v) is 10.7. The van der Waals surface area contributed by atoms with Crippen LogP contribution in [0.1, 0.15) is 66.0 Å². The average Bonchev–Trinajstić information content (AvgIpc) is 3.39. The molecule has 1 atom stereocenters. The number of carbonyl (C=O) groups is 1. The third-order valence-electron chi connectivity index (χ3n) is 5.61. The van der Waals surface area contributed by atoms with Gasteiger partial charge in [-0.2, -0.15) is 0 Å². The summed E-state index contributed by atoms with van der Waals surface area (Å²) < 4.78 is 2.15. The normalized spacial score (nSPS) is 15.2. The maximum Gasteiger partial charge on any atom is 0.252 e. The monoisotopic (exact) mass is 403 g/mol. The lowest BCUT2D eigenvalue weighted by Crippen LogP contribution is -2.25. The molecule has 0 bridgehead atoms. The molecule has 0 aliphatic heterocycles. The van der Waals surface area contributed by atoms with Gasteiger partial charge >= 0.3 is 0 Å². The van der Waals surface area contributed by atoms with Crippen molar-refractivity contribution in [1.82, 2.24) is 19.9 Å². The van der Waals surface area contributed by atoms with Gasteiger partial charge in [-0.15, -0.1) is 0 Å². The zero-order valence-electron chi connectivity index (χ0n) is 17.6. The Hall–Kier alpha value is -3.15. The van der Waals surface area contributed by atoms with Crippen LogP contribution >= 0.6 is 0 Å². The van der Waals surface area contributed by atoms with E-state index in [1.165, 1.54) is 11.1 Å². The van der Waals surface area contributed by atoms with Crippen LogP contribution in [0.3, 0.4) is 0 Å². The third-order valence-corrected chi connectivity index (χ3v) is 5.61. The van der Waals surface area contributed by atoms with E-state index in [0.29, 0.717) is 18.0 Å². The maximum absolute atomic E-state index is 12.4. The molecule has 0 radical (unpaired) electrons. The van der Waals surface area contributed by atoms with Crippen molar-refractivity contribution >= 4 is 11.7 Å². The molecule has 1 aliphatic carbocycles. The first-order chi connectivity index (χ1) is 14.6. The molecule has 3 aromatic rings. The number of imidazole rings is 1. The van der Waals surface area contributed by atoms with Gasteiger partial charge in [0.05, 0.1) is 11.6 Å². The number of rotatable bonds is 8. The van der Waals surface area contributed by atoms with Gasteiger partial charge in [0.1, 0.15) is 11.6 Å². The Morgan fingerprint density at radius 3 is 2.87 bits per heavy atom. The highest BCUT2D eigenvalue weighted by Crippen LogP contribution is 2.33. The number of fused-ring (bicyclic) bond motifs is 1. The lowest BCUT2D eigenvalue weighted by atomic mass is 10.1. The van der Waals surface area contributed by atoms with Gasteiger partial charge in [0.2, 0.25) is 0 Å². The van der Waals surface area contributed by atoms with Gasteiger partial charge in [0.25, 0.3) is 5.91 Å². The number of hydrogen-bond acceptors (Lipinski definition) is 4. The molecule has 1 aromatic carbocycles. The molecule has 6 nitrogen and oxygen atoms in total. The summed E-state index contributed by atoms with van der Waals surface area (Å²) in [6.45, 7) is 5.74. The standard InChI is InChI=1S/C24H29N5O/c1-17(2)23-25-13-15-29(23)14-5-12-26-24(30)19-9-11-22(27-16-19)28-21-10-8-18-6-3-4-7-20(18)21/h3-4,6-7,9,11,13,15-17,21H,5,8,10,12,14H2,1-2H3,(H,26,30)(H,27,28). The van der Waals surface area contributed by atoms with E-state index in [2.05, 4.69) is 63.3 Å². The lowest BCUT2D eigenvalue weighted by Gasteiger charge is -2.15. The van der Waals surface area contributed by atoms with Crippen LogP contribution in [0.15, 0.2) is 55.0 Å². The van der Waals surface area contributed by atoms with Gasteiger partial charge in [-0.1, -0.05) is 38.1 Å². The van der Waals surface area contributed by atoms with Gasteiger partial charge < -0.3 is 15.2 Å². The third kappa shape index (κ3) is 4.53. The molecule has 4 rings (SSSR count). The number of hydrogen-bond donors (Lipinski definition) is 2. The largest absolute Gasteiger partial charge is 0.363 e. The van der Waals surface area contributed by atoms with Crippen molar-refractivity contribution in [2.75, 3.05) is 11.9 Å². The maximum atomic E-state index is 12.4. The van der Waals surface area contributed by atoms with Crippen molar-refractivity contribution in [3.63, 3.8) is 0 Å². The summed E-state index contributed by atoms with van der Waals surface area (Å²) in [6.07, 6.45) is 8.49. The molecular formula is C24H29N5O. The molecule has 2 heterocycles. The van der Waals surface area contributed by atoms with Crippen LogP contribution in [0, 0.1) is 0 Å². The minimum Gasteiger partial charge on any atom is -0.363 e. The van der Waals surface area contributed by atoms with Gasteiger partial charge in [0.15, 0.2) is 0 Å². The molecule has 1 unspecified atom stereocenters. The average molecular weight is 404 g/mol. The molecule has 6 heteroatoms. The van der Waals surface area contributed by atoms with Crippen molar-refractivity contribution in [3.05, 3.63) is 77.5 Å². The van der Waals surface area contributed by atoms with E-state index in [1.807, 2.05) is 24.5 Å². The summed E-state index contributed by atoms with van der Waals surface area (Å²) in [5.41, 5.74) is 3.33. The fraction of sp³-hybridized carbons (Fsp3) is 0.375. The number of nitrogens with one attached hydrogen (secondary N) is 2. The highest BCUT2D eigenvalue weighted by atomic mass is 16.1. The number of carbonyl (C=O) groups excluding carboxylic acids is 1. The Kier molecular flexibility index (Phi) is 6.12. The topological polar surface area (TPSA) is 71.8 Å². The van der Waals surface area contributed by atoms with E-state index in [1.54, 1.807) is 6.20 Å². The molecule has 156 valence electrons. The molecular weight excluding hydrogens is 374 g/mol. The van der Waals surface area contributed by atoms with E-state index in [9.17, 15) is 4.79 Å². The molecule has 0 spiro atoms. The Bertz CT molecular complexity index is 993. The Morgan fingerprint density at radius 1 is 1.20 bits per heavy atom. The fourth-order valence-corrected chi connectivity index (χ4v) is 4.06. The minimum atomic E-state index is -0.0880. The second-order valence-electron chi connectivity index (χ2n) is 8.11. The van der Waals surface area contributed by atoms with Crippen LogP contribution in [-0.2, 0) is 13.0 Å². The molecule has 1 aliphatic rings. The van der Waals surface area contributed by atoms with Crippen LogP contribution < -0.4 is 10.6 Å². The molecule has 0 fully saturated rings. The molecule has 2 N–H and O–H groups in total. The zero-order chi connectivity index (χ0) is 20.9. The number of benzene rings is 1. The van der Waals surface area contributed by atoms with E-state index < -0.39 is 0 Å². The second kappa shape index (κ2) is 9.11. The van der Waals surface area contributed by atoms with Crippen LogP contribution in [0.4, 0.5) is 5.82 Å². The smallest absolute Gasteiger partial charge is 0.252 e. The van der Waals surface area contributed by atoms with Gasteiger partial charge in [0, 0.05) is 37.6 Å². The van der Waals surface area contributed by atoms with Gasteiger partial charge in [-0.25, -0.2) is 9.97 Å². The summed E-state index contributed by atoms with van der Waals surface area (Å²) in [6, 6.07) is 12.5. The Morgan fingerprint density at radius 2 is 2.07 bits per heavy atom. The van der Waals surface area contributed by atoms with Crippen LogP contribution in [0.2, 0.25) is 0 Å². The minimum absolute atomic E-state index is 0.0880. The quantitative estimate of drug-likeness (QED) is 0.550. The highest BCUT2D eigenvalue weighted by Gasteiger charge is 2.21. The predicted octanol–water partition coefficient (Wildman–Crippen LogP) is 4.32. The Balaban J connectivity index is 1.26. The van der Waals surface area contributed by atoms with Crippen molar-refractivity contribution in [3.8, 4) is 0 Å². The second-order valence-corrected chi connectivity index (χ2v) is 8.11. The van der Waals surface area contributed by atoms with Crippen LogP contribution in [0.25, 0.3) is 0 Å². The van der Waals surface area contributed by atoms with E-state index >= 15 is 0 Å². The van der Waals surface area contributed by atoms with Crippen molar-refractivity contribution in [2.45, 2.75) is 51.6 Å². The molecule has 2 aromatic heterocycles.